The first-order chi connectivity index (χ1) is 11.3. The standard InChI is InChI=1S/C8H9O2.2C6H5.Bi/c1-10-8(9)7-5-3-2-4-6-7;2*1-2-4-6-5-3-1;/h3-6,8-9H,1H3;2*1-5H;. The van der Waals surface area contributed by atoms with Gasteiger partial charge in [0.05, 0.1) is 0 Å². The molecule has 0 fully saturated rings. The van der Waals surface area contributed by atoms with Crippen LogP contribution in [0.25, 0.3) is 0 Å². The molecule has 0 radical (unpaired) electrons. The van der Waals surface area contributed by atoms with E-state index in [2.05, 4.69) is 72.8 Å². The van der Waals surface area contributed by atoms with E-state index >= 15 is 0 Å². The van der Waals surface area contributed by atoms with Gasteiger partial charge in [-0.15, -0.1) is 0 Å². The van der Waals surface area contributed by atoms with Gasteiger partial charge in [0.2, 0.25) is 0 Å². The van der Waals surface area contributed by atoms with Crippen LogP contribution in [-0.2, 0) is 4.74 Å². The first-order valence-electron chi connectivity index (χ1n) is 7.50. The summed E-state index contributed by atoms with van der Waals surface area (Å²) < 4.78 is 9.28. The molecule has 0 saturated carbocycles. The molecule has 3 aromatic rings. The fraction of sp³-hybridized carbons (Fsp3) is 0.100. The average Bonchev–Trinajstić information content (AvgIpc) is 2.64. The SMILES string of the molecule is COC(O)c1cc[c]([Bi]([c]2ccccc2)[c]2ccccc2)cc1. The Hall–Kier alpha value is -1.54. The van der Waals surface area contributed by atoms with Gasteiger partial charge in [-0.05, 0) is 0 Å². The number of methoxy groups -OCH3 is 1. The van der Waals surface area contributed by atoms with Gasteiger partial charge in [0, 0.05) is 0 Å². The van der Waals surface area contributed by atoms with E-state index in [-0.39, 0.29) is 0 Å². The van der Waals surface area contributed by atoms with E-state index < -0.39 is 28.0 Å². The molecule has 0 aliphatic heterocycles. The Morgan fingerprint density at radius 2 is 1.13 bits per heavy atom. The maximum absolute atomic E-state index is 9.79. The van der Waals surface area contributed by atoms with Crippen LogP contribution in [0.2, 0.25) is 0 Å². The Bertz CT molecular complexity index is 687. The number of benzene rings is 3. The van der Waals surface area contributed by atoms with E-state index in [1.807, 2.05) is 12.1 Å². The van der Waals surface area contributed by atoms with Crippen LogP contribution < -0.4 is 9.81 Å². The fourth-order valence-electron chi connectivity index (χ4n) is 2.53. The average molecular weight is 500 g/mol. The van der Waals surface area contributed by atoms with Gasteiger partial charge in [0.25, 0.3) is 0 Å². The van der Waals surface area contributed by atoms with Crippen molar-refractivity contribution in [3.05, 3.63) is 90.5 Å². The molecule has 0 aliphatic rings. The first kappa shape index (κ1) is 16.3. The topological polar surface area (TPSA) is 29.5 Å². The molecule has 2 nitrogen and oxygen atoms in total. The Morgan fingerprint density at radius 3 is 1.57 bits per heavy atom. The van der Waals surface area contributed by atoms with Crippen molar-refractivity contribution in [3.8, 4) is 0 Å². The fourth-order valence-corrected chi connectivity index (χ4v) is 11.4. The molecule has 1 N–H and O–H groups in total. The second kappa shape index (κ2) is 7.83. The zero-order chi connectivity index (χ0) is 16.1. The molecule has 0 spiro atoms. The summed E-state index contributed by atoms with van der Waals surface area (Å²) in [5.74, 6) is 0. The van der Waals surface area contributed by atoms with Gasteiger partial charge in [-0.2, -0.15) is 0 Å². The molecule has 23 heavy (non-hydrogen) atoms. The second-order valence-electron chi connectivity index (χ2n) is 5.19. The van der Waals surface area contributed by atoms with Crippen LogP contribution >= 0.6 is 0 Å². The van der Waals surface area contributed by atoms with Gasteiger partial charge in [-0.25, -0.2) is 0 Å². The normalized spacial score (nSPS) is 12.3. The van der Waals surface area contributed by atoms with Crippen LogP contribution in [0.1, 0.15) is 11.9 Å². The number of hydrogen-bond acceptors (Lipinski definition) is 2. The quantitative estimate of drug-likeness (QED) is 0.428. The van der Waals surface area contributed by atoms with Gasteiger partial charge in [0.15, 0.2) is 0 Å². The van der Waals surface area contributed by atoms with E-state index in [0.29, 0.717) is 0 Å². The third-order valence-electron chi connectivity index (χ3n) is 3.69. The van der Waals surface area contributed by atoms with Crippen molar-refractivity contribution < 1.29 is 9.84 Å². The molecule has 116 valence electrons. The van der Waals surface area contributed by atoms with Gasteiger partial charge < -0.3 is 0 Å². The van der Waals surface area contributed by atoms with E-state index in [1.165, 1.54) is 16.9 Å². The summed E-state index contributed by atoms with van der Waals surface area (Å²) in [6.45, 7) is 0. The predicted molar refractivity (Wildman–Crippen MR) is 96.0 cm³/mol. The molecular formula is C20H19BiO2. The van der Waals surface area contributed by atoms with Gasteiger partial charge in [0.1, 0.15) is 0 Å². The van der Waals surface area contributed by atoms with E-state index in [0.717, 1.165) is 5.56 Å². The zero-order valence-electron chi connectivity index (χ0n) is 13.0. The molecule has 0 saturated heterocycles. The minimum absolute atomic E-state index is 0.793. The van der Waals surface area contributed by atoms with Crippen molar-refractivity contribution in [1.29, 1.82) is 0 Å². The number of hydrogen-bond donors (Lipinski definition) is 1. The van der Waals surface area contributed by atoms with Gasteiger partial charge >= 0.3 is 145 Å². The summed E-state index contributed by atoms with van der Waals surface area (Å²) in [4.78, 5) is 0. The number of rotatable bonds is 5. The molecular weight excluding hydrogens is 481 g/mol. The van der Waals surface area contributed by atoms with E-state index in [1.54, 1.807) is 0 Å². The molecule has 1 atom stereocenters. The van der Waals surface area contributed by atoms with Crippen molar-refractivity contribution in [2.45, 2.75) is 6.29 Å². The second-order valence-corrected chi connectivity index (χ2v) is 13.8. The summed E-state index contributed by atoms with van der Waals surface area (Å²) in [7, 11) is 1.51. The molecule has 0 heterocycles. The zero-order valence-corrected chi connectivity index (χ0v) is 16.4. The summed E-state index contributed by atoms with van der Waals surface area (Å²) >= 11 is -2.27. The van der Waals surface area contributed by atoms with E-state index in [9.17, 15) is 5.11 Å². The molecule has 0 aliphatic carbocycles. The van der Waals surface area contributed by atoms with Crippen molar-refractivity contribution in [3.63, 3.8) is 0 Å². The van der Waals surface area contributed by atoms with Crippen LogP contribution in [-0.4, -0.2) is 34.0 Å². The monoisotopic (exact) mass is 500 g/mol. The molecule has 3 aromatic carbocycles. The van der Waals surface area contributed by atoms with Crippen LogP contribution in [0, 0.1) is 0 Å². The van der Waals surface area contributed by atoms with Gasteiger partial charge in [-0.3, -0.25) is 0 Å². The third kappa shape index (κ3) is 3.87. The van der Waals surface area contributed by atoms with E-state index in [4.69, 9.17) is 4.74 Å². The Labute approximate surface area is 145 Å². The molecule has 0 amide bonds. The number of aliphatic hydroxyl groups is 1. The Balaban J connectivity index is 2.02. The Kier molecular flexibility index (Phi) is 5.56. The van der Waals surface area contributed by atoms with Crippen molar-refractivity contribution in [1.82, 2.24) is 0 Å². The molecule has 0 bridgehead atoms. The summed E-state index contributed by atoms with van der Waals surface area (Å²) in [5.41, 5.74) is 0.793. The van der Waals surface area contributed by atoms with Crippen LogP contribution in [0.5, 0.6) is 0 Å². The summed E-state index contributed by atoms with van der Waals surface area (Å²) in [6.07, 6.45) is -0.856. The summed E-state index contributed by atoms with van der Waals surface area (Å²) in [5, 5.41) is 9.79. The van der Waals surface area contributed by atoms with Crippen molar-refractivity contribution >= 4 is 31.6 Å². The molecule has 3 rings (SSSR count). The maximum atomic E-state index is 9.79. The molecule has 1 unspecified atom stereocenters. The minimum atomic E-state index is -2.27. The Morgan fingerprint density at radius 1 is 0.696 bits per heavy atom. The predicted octanol–water partition coefficient (Wildman–Crippen LogP) is 1.84. The summed E-state index contributed by atoms with van der Waals surface area (Å²) in [6, 6.07) is 29.8. The van der Waals surface area contributed by atoms with Crippen LogP contribution in [0.4, 0.5) is 0 Å². The third-order valence-corrected chi connectivity index (χ3v) is 13.2. The first-order valence-corrected chi connectivity index (χ1v) is 12.7. The molecule has 0 aromatic heterocycles. The molecule has 3 heteroatoms. The van der Waals surface area contributed by atoms with Crippen molar-refractivity contribution in [2.24, 2.45) is 0 Å². The number of aliphatic hydroxyl groups excluding tert-OH is 1. The van der Waals surface area contributed by atoms with Gasteiger partial charge in [-0.1, -0.05) is 0 Å². The van der Waals surface area contributed by atoms with Crippen molar-refractivity contribution in [2.75, 3.05) is 7.11 Å². The van der Waals surface area contributed by atoms with Crippen LogP contribution in [0.3, 0.4) is 0 Å². The van der Waals surface area contributed by atoms with Crippen LogP contribution in [0.15, 0.2) is 84.9 Å². The number of ether oxygens (including phenoxy) is 1.